The summed E-state index contributed by atoms with van der Waals surface area (Å²) in [5, 5.41) is 7.75. The molecule has 0 bridgehead atoms. The first kappa shape index (κ1) is 48.6. The predicted octanol–water partition coefficient (Wildman–Crippen LogP) is 14.9. The quantitative estimate of drug-likeness (QED) is 0.141. The molecule has 0 N–H and O–H groups in total. The molecule has 19 aromatic rings. The zero-order valence-corrected chi connectivity index (χ0v) is 46.8. The summed E-state index contributed by atoms with van der Waals surface area (Å²) in [7, 11) is 0. The van der Waals surface area contributed by atoms with E-state index in [-0.39, 0.29) is 0 Å². The van der Waals surface area contributed by atoms with Gasteiger partial charge in [0.15, 0.2) is 11.6 Å². The van der Waals surface area contributed by atoms with E-state index in [0.717, 1.165) is 126 Å². The van der Waals surface area contributed by atoms with E-state index in [1.165, 1.54) is 0 Å². The minimum atomic E-state index is 0.332. The van der Waals surface area contributed by atoms with Crippen molar-refractivity contribution in [2.24, 2.45) is 0 Å². The molecule has 0 aliphatic carbocycles. The third-order valence-corrected chi connectivity index (χ3v) is 17.0. The predicted molar refractivity (Wildman–Crippen MR) is 348 cm³/mol. The molecule has 0 unspecified atom stereocenters. The Morgan fingerprint density at radius 3 is 1.52 bits per heavy atom. The van der Waals surface area contributed by atoms with Gasteiger partial charge in [-0.2, -0.15) is 24.9 Å². The van der Waals surface area contributed by atoms with Crippen molar-refractivity contribution in [3.05, 3.63) is 250 Å². The average molecular weight is 1140 g/mol. The fourth-order valence-corrected chi connectivity index (χ4v) is 13.3. The van der Waals surface area contributed by atoms with Crippen LogP contribution in [-0.2, 0) is 0 Å². The van der Waals surface area contributed by atoms with Crippen LogP contribution in [-0.4, -0.2) is 82.6 Å². The van der Waals surface area contributed by atoms with E-state index in [4.69, 9.17) is 49.8 Å². The molecule has 17 nitrogen and oxygen atoms in total. The third kappa shape index (κ3) is 7.17. The Balaban J connectivity index is 0.927. The van der Waals surface area contributed by atoms with Gasteiger partial charge in [-0.25, -0.2) is 15.0 Å². The molecule has 0 atom stereocenters. The number of benzene rings is 6. The minimum Gasteiger partial charge on any atom is -0.307 e. The van der Waals surface area contributed by atoms with Crippen LogP contribution in [0.15, 0.2) is 250 Å². The highest BCUT2D eigenvalue weighted by atomic mass is 15.3. The minimum absolute atomic E-state index is 0.332. The van der Waals surface area contributed by atoms with E-state index in [2.05, 4.69) is 115 Å². The van der Waals surface area contributed by atoms with Crippen molar-refractivity contribution in [3.8, 4) is 63.4 Å². The lowest BCUT2D eigenvalue weighted by Crippen LogP contribution is -2.13. The van der Waals surface area contributed by atoms with Gasteiger partial charge in [-0.05, 0) is 102 Å². The first-order valence-corrected chi connectivity index (χ1v) is 29.0. The lowest BCUT2D eigenvalue weighted by molar-refractivity contribution is 0.841. The molecule has 89 heavy (non-hydrogen) atoms. The Hall–Kier alpha value is -12.8. The molecule has 0 radical (unpaired) electrons. The van der Waals surface area contributed by atoms with E-state index in [1.54, 1.807) is 24.8 Å². The van der Waals surface area contributed by atoms with Crippen LogP contribution >= 0.6 is 0 Å². The standard InChI is InChI=1S/C72H41N17/c1-3-15-42(16-4-1)65-79-66(43-17-5-2-6-18-43)81-69(80-65)87-54-23-9-7-19-46(54)53-40-52(60-49-20-8-10-24-55(49)85(64(60)63(53)87)45-29-36-73-37-30-45)44-27-28-47-48-21-11-34-77-67(48)89(58(47)39-44)72-83-70(86-56-25-13-32-75-61(56)50-31-38-74-41-59(50)86)82-71(84-72)88-57-26-14-33-76-62(57)51-22-12-35-78-68(51)88/h1-41H. The molecule has 0 fully saturated rings. The van der Waals surface area contributed by atoms with Gasteiger partial charge in [0.05, 0.1) is 61.4 Å². The zero-order chi connectivity index (χ0) is 58.3. The number of nitrogens with zero attached hydrogens (tertiary/aromatic N) is 17. The molecule has 0 spiro atoms. The van der Waals surface area contributed by atoms with Gasteiger partial charge in [0.2, 0.25) is 23.8 Å². The Morgan fingerprint density at radius 2 is 0.798 bits per heavy atom. The largest absolute Gasteiger partial charge is 0.307 e. The average Bonchev–Trinajstić information content (AvgIpc) is 1.56. The van der Waals surface area contributed by atoms with Gasteiger partial charge in [-0.15, -0.1) is 0 Å². The highest BCUT2D eigenvalue weighted by molar-refractivity contribution is 6.28. The Kier molecular flexibility index (Phi) is 10.3. The van der Waals surface area contributed by atoms with Gasteiger partial charge in [-0.3, -0.25) is 38.2 Å². The number of para-hydroxylation sites is 2. The van der Waals surface area contributed by atoms with Gasteiger partial charge in [-0.1, -0.05) is 109 Å². The fraction of sp³-hybridized carbons (Fsp3) is 0. The Bertz CT molecular complexity index is 5830. The van der Waals surface area contributed by atoms with E-state index in [9.17, 15) is 0 Å². The van der Waals surface area contributed by atoms with Crippen LogP contribution in [0.4, 0.5) is 0 Å². The van der Waals surface area contributed by atoms with Crippen LogP contribution in [0.3, 0.4) is 0 Å². The van der Waals surface area contributed by atoms with E-state index in [1.807, 2.05) is 143 Å². The second kappa shape index (κ2) is 18.9. The van der Waals surface area contributed by atoms with Crippen LogP contribution in [0, 0.1) is 0 Å². The van der Waals surface area contributed by atoms with Crippen molar-refractivity contribution in [1.82, 2.24) is 82.6 Å². The number of hydrogen-bond acceptors (Lipinski definition) is 12. The number of rotatable bonds is 8. The maximum absolute atomic E-state index is 5.51. The summed E-state index contributed by atoms with van der Waals surface area (Å²) in [5.41, 5.74) is 14.6. The van der Waals surface area contributed by atoms with Gasteiger partial charge >= 0.3 is 0 Å². The van der Waals surface area contributed by atoms with Crippen LogP contribution in [0.25, 0.3) is 173 Å². The SMILES string of the molecule is c1ccc(-c2nc(-c3ccccc3)nc(-n3c4ccccc4c4cc(-c5ccc6c7cccnc7n(-c7nc(-n8c9cnccc9c9ncccc98)nc(-n8c9cccnc9c9cccnc98)n7)c6c5)c5c6ccccc6n(-c6ccncc6)c5c43)n2)cc1. The Labute approximate surface area is 502 Å². The first-order chi connectivity index (χ1) is 44.2. The Morgan fingerprint density at radius 1 is 0.270 bits per heavy atom. The van der Waals surface area contributed by atoms with Gasteiger partial charge in [0.1, 0.15) is 11.3 Å². The molecule has 13 aromatic heterocycles. The molecule has 6 aromatic carbocycles. The lowest BCUT2D eigenvalue weighted by atomic mass is 9.96. The molecule has 0 aliphatic rings. The summed E-state index contributed by atoms with van der Waals surface area (Å²) in [5.74, 6) is 2.62. The van der Waals surface area contributed by atoms with E-state index < -0.39 is 0 Å². The molecular weight excluding hydrogens is 1100 g/mol. The molecule has 0 amide bonds. The maximum atomic E-state index is 5.51. The molecule has 13 heterocycles. The van der Waals surface area contributed by atoms with Crippen molar-refractivity contribution in [1.29, 1.82) is 0 Å². The number of aromatic nitrogens is 17. The summed E-state index contributed by atoms with van der Waals surface area (Å²) in [6.45, 7) is 0. The van der Waals surface area contributed by atoms with Crippen molar-refractivity contribution < 1.29 is 0 Å². The summed E-state index contributed by atoms with van der Waals surface area (Å²) in [6.07, 6.45) is 14.5. The molecule has 414 valence electrons. The van der Waals surface area contributed by atoms with Gasteiger partial charge in [0.25, 0.3) is 0 Å². The first-order valence-electron chi connectivity index (χ1n) is 29.0. The maximum Gasteiger partial charge on any atom is 0.242 e. The van der Waals surface area contributed by atoms with Crippen molar-refractivity contribution in [2.75, 3.05) is 0 Å². The molecule has 17 heteroatoms. The second-order valence-corrected chi connectivity index (χ2v) is 21.8. The summed E-state index contributed by atoms with van der Waals surface area (Å²) >= 11 is 0. The summed E-state index contributed by atoms with van der Waals surface area (Å²) in [4.78, 5) is 61.3. The number of fused-ring (bicyclic) bond motifs is 16. The molecule has 0 saturated heterocycles. The van der Waals surface area contributed by atoms with Gasteiger partial charge < -0.3 is 4.57 Å². The molecular formula is C72H41N17. The topological polar surface area (TPSA) is 179 Å². The van der Waals surface area contributed by atoms with Crippen molar-refractivity contribution in [2.45, 2.75) is 0 Å². The second-order valence-electron chi connectivity index (χ2n) is 21.8. The summed E-state index contributed by atoms with van der Waals surface area (Å²) < 4.78 is 10.6. The van der Waals surface area contributed by atoms with Crippen LogP contribution < -0.4 is 0 Å². The normalized spacial score (nSPS) is 12.0. The smallest absolute Gasteiger partial charge is 0.242 e. The lowest BCUT2D eigenvalue weighted by Gasteiger charge is -2.15. The molecule has 19 rings (SSSR count). The summed E-state index contributed by atoms with van der Waals surface area (Å²) in [6, 6.07) is 68.4. The highest BCUT2D eigenvalue weighted by Crippen LogP contribution is 2.47. The van der Waals surface area contributed by atoms with E-state index >= 15 is 0 Å². The third-order valence-electron chi connectivity index (χ3n) is 17.0. The van der Waals surface area contributed by atoms with Crippen LogP contribution in [0.1, 0.15) is 0 Å². The van der Waals surface area contributed by atoms with E-state index in [0.29, 0.717) is 46.7 Å². The highest BCUT2D eigenvalue weighted by Gasteiger charge is 2.29. The van der Waals surface area contributed by atoms with Gasteiger partial charge in [0, 0.05) is 103 Å². The van der Waals surface area contributed by atoms with Crippen LogP contribution in [0.5, 0.6) is 0 Å². The fourth-order valence-electron chi connectivity index (χ4n) is 13.3. The molecule has 0 aliphatic heterocycles. The number of pyridine rings is 6. The monoisotopic (exact) mass is 1140 g/mol. The van der Waals surface area contributed by atoms with Crippen LogP contribution in [0.2, 0.25) is 0 Å². The zero-order valence-electron chi connectivity index (χ0n) is 46.8. The molecule has 0 saturated carbocycles. The van der Waals surface area contributed by atoms with Crippen molar-refractivity contribution >= 4 is 110 Å². The number of hydrogen-bond donors (Lipinski definition) is 0. The van der Waals surface area contributed by atoms with Crippen molar-refractivity contribution in [3.63, 3.8) is 0 Å².